The van der Waals surface area contributed by atoms with Crippen molar-refractivity contribution in [3.63, 3.8) is 0 Å². The molecule has 0 aliphatic carbocycles. The zero-order valence-electron chi connectivity index (χ0n) is 15.2. The maximum atomic E-state index is 12.0. The quantitative estimate of drug-likeness (QED) is 0.485. The molecule has 2 aliphatic heterocycles. The monoisotopic (exact) mass is 394 g/mol. The van der Waals surface area contributed by atoms with E-state index in [9.17, 15) is 24.9 Å². The number of carbonyl (C=O) groups excluding carboxylic acids is 2. The highest BCUT2D eigenvalue weighted by atomic mass is 16.6. The highest BCUT2D eigenvalue weighted by Gasteiger charge is 2.47. The van der Waals surface area contributed by atoms with Gasteiger partial charge in [0.2, 0.25) is 6.29 Å². The number of ether oxygens (including phenoxy) is 4. The number of methoxy groups -OCH3 is 1. The Balaban J connectivity index is 1.72. The van der Waals surface area contributed by atoms with Gasteiger partial charge in [0.05, 0.1) is 37.9 Å². The Hall–Kier alpha value is -2.78. The highest BCUT2D eigenvalue weighted by molar-refractivity contribution is 5.90. The van der Waals surface area contributed by atoms with E-state index in [1.807, 2.05) is 0 Å². The topological polar surface area (TPSA) is 132 Å². The summed E-state index contributed by atoms with van der Waals surface area (Å²) in [7, 11) is 1.22. The summed E-state index contributed by atoms with van der Waals surface area (Å²) in [5.74, 6) is -2.95. The van der Waals surface area contributed by atoms with Crippen LogP contribution in [0.5, 0.6) is 11.5 Å². The van der Waals surface area contributed by atoms with Gasteiger partial charge in [-0.15, -0.1) is 0 Å². The molecule has 4 unspecified atom stereocenters. The van der Waals surface area contributed by atoms with Crippen LogP contribution in [0.4, 0.5) is 0 Å². The SMILES string of the molecule is COC(=O)C1=COC(O)C2C(OCCc3ccc(O)c(O)c3)COC(=O)CC12. The molecule has 0 radical (unpaired) electrons. The summed E-state index contributed by atoms with van der Waals surface area (Å²) in [6, 6.07) is 4.44. The van der Waals surface area contributed by atoms with Crippen molar-refractivity contribution >= 4 is 11.9 Å². The Morgan fingerprint density at radius 2 is 2.07 bits per heavy atom. The minimum absolute atomic E-state index is 0.0876. The fourth-order valence-corrected chi connectivity index (χ4v) is 3.47. The Kier molecular flexibility index (Phi) is 6.05. The molecular formula is C19H22O9. The molecule has 1 aromatic carbocycles. The normalized spacial score (nSPS) is 26.9. The molecule has 0 aromatic heterocycles. The van der Waals surface area contributed by atoms with Crippen LogP contribution < -0.4 is 0 Å². The number of esters is 2. The molecule has 0 spiro atoms. The molecule has 9 heteroatoms. The molecule has 1 saturated heterocycles. The van der Waals surface area contributed by atoms with Gasteiger partial charge in [0, 0.05) is 5.92 Å². The molecule has 0 amide bonds. The fraction of sp³-hybridized carbons (Fsp3) is 0.474. The standard InChI is InChI=1S/C19H22O9/c1-25-18(23)12-8-28-19(24)17-11(12)7-16(22)27-9-15(17)26-5-4-10-2-3-13(20)14(21)6-10/h2-3,6,8,11,15,17,19-21,24H,4-5,7,9H2,1H3. The number of hydrogen-bond donors (Lipinski definition) is 3. The molecule has 152 valence electrons. The van der Waals surface area contributed by atoms with Crippen LogP contribution in [0.3, 0.4) is 0 Å². The van der Waals surface area contributed by atoms with Gasteiger partial charge in [-0.3, -0.25) is 4.79 Å². The Bertz CT molecular complexity index is 773. The third kappa shape index (κ3) is 4.20. The molecular weight excluding hydrogens is 372 g/mol. The van der Waals surface area contributed by atoms with Crippen molar-refractivity contribution in [2.45, 2.75) is 25.2 Å². The van der Waals surface area contributed by atoms with Crippen LogP contribution in [-0.4, -0.2) is 60.0 Å². The second-order valence-corrected chi connectivity index (χ2v) is 6.64. The lowest BCUT2D eigenvalue weighted by Crippen LogP contribution is -2.45. The van der Waals surface area contributed by atoms with Gasteiger partial charge in [0.25, 0.3) is 0 Å². The first-order chi connectivity index (χ1) is 13.4. The number of carbonyl (C=O) groups is 2. The lowest BCUT2D eigenvalue weighted by Gasteiger charge is -2.36. The molecule has 2 heterocycles. The predicted molar refractivity (Wildman–Crippen MR) is 93.0 cm³/mol. The summed E-state index contributed by atoms with van der Waals surface area (Å²) in [6.07, 6.45) is -0.544. The molecule has 28 heavy (non-hydrogen) atoms. The summed E-state index contributed by atoms with van der Waals surface area (Å²) in [5.41, 5.74) is 0.877. The number of aromatic hydroxyl groups is 2. The van der Waals surface area contributed by atoms with Crippen molar-refractivity contribution in [3.05, 3.63) is 35.6 Å². The minimum Gasteiger partial charge on any atom is -0.504 e. The largest absolute Gasteiger partial charge is 0.504 e. The van der Waals surface area contributed by atoms with Gasteiger partial charge in [-0.05, 0) is 24.1 Å². The van der Waals surface area contributed by atoms with Gasteiger partial charge in [0.1, 0.15) is 12.7 Å². The summed E-state index contributed by atoms with van der Waals surface area (Å²) < 4.78 is 20.9. The Morgan fingerprint density at radius 1 is 1.29 bits per heavy atom. The van der Waals surface area contributed by atoms with Crippen LogP contribution in [0.25, 0.3) is 0 Å². The Morgan fingerprint density at radius 3 is 2.79 bits per heavy atom. The minimum atomic E-state index is -1.27. The number of rotatable bonds is 5. The first-order valence-electron chi connectivity index (χ1n) is 8.80. The van der Waals surface area contributed by atoms with E-state index in [4.69, 9.17) is 18.9 Å². The molecule has 1 fully saturated rings. The van der Waals surface area contributed by atoms with E-state index >= 15 is 0 Å². The number of cyclic esters (lactones) is 1. The molecule has 3 rings (SSSR count). The third-order valence-electron chi connectivity index (χ3n) is 4.94. The second kappa shape index (κ2) is 8.49. The van der Waals surface area contributed by atoms with Crippen molar-refractivity contribution in [1.29, 1.82) is 0 Å². The third-order valence-corrected chi connectivity index (χ3v) is 4.94. The van der Waals surface area contributed by atoms with Gasteiger partial charge in [0.15, 0.2) is 11.5 Å². The van der Waals surface area contributed by atoms with Crippen LogP contribution >= 0.6 is 0 Å². The van der Waals surface area contributed by atoms with Crippen LogP contribution in [-0.2, 0) is 35.0 Å². The van der Waals surface area contributed by atoms with E-state index < -0.39 is 36.2 Å². The van der Waals surface area contributed by atoms with E-state index in [2.05, 4.69) is 0 Å². The van der Waals surface area contributed by atoms with Gasteiger partial charge >= 0.3 is 11.9 Å². The summed E-state index contributed by atoms with van der Waals surface area (Å²) in [6.45, 7) is 0.106. The number of aliphatic hydroxyl groups excluding tert-OH is 1. The van der Waals surface area contributed by atoms with Gasteiger partial charge in [-0.2, -0.15) is 0 Å². The summed E-state index contributed by atoms with van der Waals surface area (Å²) >= 11 is 0. The first-order valence-corrected chi connectivity index (χ1v) is 8.80. The number of fused-ring (bicyclic) bond motifs is 1. The smallest absolute Gasteiger partial charge is 0.337 e. The van der Waals surface area contributed by atoms with E-state index in [1.54, 1.807) is 6.07 Å². The van der Waals surface area contributed by atoms with E-state index in [1.165, 1.54) is 19.2 Å². The molecule has 2 aliphatic rings. The van der Waals surface area contributed by atoms with E-state index in [0.717, 1.165) is 11.8 Å². The molecule has 3 N–H and O–H groups in total. The average molecular weight is 394 g/mol. The number of hydrogen-bond acceptors (Lipinski definition) is 9. The number of phenolic OH excluding ortho intramolecular Hbond substituents is 2. The first kappa shape index (κ1) is 20.0. The lowest BCUT2D eigenvalue weighted by atomic mass is 9.79. The van der Waals surface area contributed by atoms with Crippen molar-refractivity contribution in [3.8, 4) is 11.5 Å². The zero-order chi connectivity index (χ0) is 20.3. The van der Waals surface area contributed by atoms with E-state index in [-0.39, 0.29) is 36.7 Å². The summed E-state index contributed by atoms with van der Waals surface area (Å²) in [5, 5.41) is 29.2. The van der Waals surface area contributed by atoms with Crippen LogP contribution in [0.2, 0.25) is 0 Å². The number of phenols is 2. The number of benzene rings is 1. The molecule has 1 aromatic rings. The van der Waals surface area contributed by atoms with Crippen LogP contribution in [0.15, 0.2) is 30.0 Å². The van der Waals surface area contributed by atoms with E-state index in [0.29, 0.717) is 6.42 Å². The number of aliphatic hydroxyl groups is 1. The van der Waals surface area contributed by atoms with Crippen LogP contribution in [0, 0.1) is 11.8 Å². The van der Waals surface area contributed by atoms with Crippen LogP contribution in [0.1, 0.15) is 12.0 Å². The Labute approximate surface area is 161 Å². The zero-order valence-corrected chi connectivity index (χ0v) is 15.2. The van der Waals surface area contributed by atoms with Crippen molar-refractivity contribution < 1.29 is 43.9 Å². The molecule has 4 atom stereocenters. The predicted octanol–water partition coefficient (Wildman–Crippen LogP) is 0.610. The van der Waals surface area contributed by atoms with Crippen molar-refractivity contribution in [1.82, 2.24) is 0 Å². The van der Waals surface area contributed by atoms with Gasteiger partial charge in [-0.1, -0.05) is 6.07 Å². The second-order valence-electron chi connectivity index (χ2n) is 6.64. The van der Waals surface area contributed by atoms with Gasteiger partial charge in [-0.25, -0.2) is 4.79 Å². The fourth-order valence-electron chi connectivity index (χ4n) is 3.47. The van der Waals surface area contributed by atoms with Crippen molar-refractivity contribution in [2.24, 2.45) is 11.8 Å². The van der Waals surface area contributed by atoms with Crippen molar-refractivity contribution in [2.75, 3.05) is 20.3 Å². The lowest BCUT2D eigenvalue weighted by molar-refractivity contribution is -0.169. The average Bonchev–Trinajstić information content (AvgIpc) is 2.84. The molecule has 0 saturated carbocycles. The molecule has 9 nitrogen and oxygen atoms in total. The highest BCUT2D eigenvalue weighted by Crippen LogP contribution is 2.38. The maximum absolute atomic E-state index is 12.0. The molecule has 0 bridgehead atoms. The van der Waals surface area contributed by atoms with Gasteiger partial charge < -0.3 is 34.3 Å². The maximum Gasteiger partial charge on any atom is 0.337 e. The summed E-state index contributed by atoms with van der Waals surface area (Å²) in [4.78, 5) is 24.0.